The molecule has 1 radical (unpaired) electrons. The van der Waals surface area contributed by atoms with Crippen molar-refractivity contribution in [2.75, 3.05) is 25.7 Å². The van der Waals surface area contributed by atoms with Crippen molar-refractivity contribution >= 4 is 23.8 Å². The van der Waals surface area contributed by atoms with Crippen molar-refractivity contribution in [1.82, 2.24) is 0 Å². The molecule has 1 unspecified atom stereocenters. The minimum Gasteiger partial charge on any atom is -0.497 e. The Morgan fingerprint density at radius 2 is 1.71 bits per heavy atom. The Kier molecular flexibility index (Phi) is 9.49. The standard InChI is InChI=1S/C30H31N3O4.Co/c1-5-33-26-16-15-24(36-3)19-25(26)30(2,20-21-9-7-6-8-10-21)27(33)17-18-31-32-28(34)22-11-13-23(14-12-22)29(35)37-4;/h6-19H,5,20H2,1-4H3,(H,32,34);/b27-17-,31-18+;. The summed E-state index contributed by atoms with van der Waals surface area (Å²) < 4.78 is 10.2. The van der Waals surface area contributed by atoms with Crippen LogP contribution in [0.3, 0.4) is 0 Å². The molecule has 38 heavy (non-hydrogen) atoms. The van der Waals surface area contributed by atoms with Crippen molar-refractivity contribution in [3.63, 3.8) is 0 Å². The number of benzene rings is 3. The van der Waals surface area contributed by atoms with Crippen molar-refractivity contribution in [3.05, 3.63) is 107 Å². The van der Waals surface area contributed by atoms with Crippen LogP contribution >= 0.6 is 0 Å². The number of nitrogens with zero attached hydrogens (tertiary/aromatic N) is 3. The van der Waals surface area contributed by atoms with Gasteiger partial charge in [0.1, 0.15) is 5.75 Å². The fourth-order valence-electron chi connectivity index (χ4n) is 4.81. The zero-order valence-electron chi connectivity index (χ0n) is 21.8. The number of likely N-dealkylation sites (N-methyl/N-ethyl adjacent to an activating group) is 1. The number of hydrogen-bond acceptors (Lipinski definition) is 6. The van der Waals surface area contributed by atoms with Crippen LogP contribution in [0.25, 0.3) is 0 Å². The van der Waals surface area contributed by atoms with E-state index in [1.165, 1.54) is 18.2 Å². The number of fused-ring (bicyclic) bond motifs is 1. The molecule has 1 aliphatic heterocycles. The van der Waals surface area contributed by atoms with Crippen molar-refractivity contribution in [2.45, 2.75) is 25.7 Å². The molecule has 199 valence electrons. The first-order chi connectivity index (χ1) is 17.9. The SMILES string of the molecule is CCN1/C(=C\C=N\N=C(O)c2ccc(C(=O)OC)cc2)C(C)(Cc2ccccc2)c2cc(OC)ccc21.[Co]. The van der Waals surface area contributed by atoms with E-state index in [1.807, 2.05) is 18.2 Å². The fourth-order valence-corrected chi connectivity index (χ4v) is 4.81. The molecule has 0 saturated carbocycles. The Bertz CT molecular complexity index is 1350. The average molecular weight is 557 g/mol. The van der Waals surface area contributed by atoms with Crippen LogP contribution in [-0.4, -0.2) is 44.0 Å². The third kappa shape index (κ3) is 5.82. The number of carbonyl (C=O) groups excluding carboxylic acids is 1. The number of aliphatic hydroxyl groups excluding tert-OH is 1. The van der Waals surface area contributed by atoms with Crippen molar-refractivity contribution in [1.29, 1.82) is 0 Å². The van der Waals surface area contributed by atoms with Crippen LogP contribution in [0.15, 0.2) is 94.8 Å². The summed E-state index contributed by atoms with van der Waals surface area (Å²) in [4.78, 5) is 13.9. The molecule has 7 nitrogen and oxygen atoms in total. The zero-order chi connectivity index (χ0) is 26.4. The number of methoxy groups -OCH3 is 2. The predicted octanol–water partition coefficient (Wildman–Crippen LogP) is 5.69. The number of anilines is 1. The molecule has 0 aromatic heterocycles. The number of hydrogen-bond donors (Lipinski definition) is 1. The Morgan fingerprint density at radius 1 is 1.03 bits per heavy atom. The first kappa shape index (κ1) is 28.7. The minimum atomic E-state index is -0.443. The molecule has 8 heteroatoms. The van der Waals surface area contributed by atoms with Gasteiger partial charge in [0.2, 0.25) is 5.90 Å². The molecule has 1 aliphatic rings. The first-order valence-corrected chi connectivity index (χ1v) is 12.1. The molecular weight excluding hydrogens is 525 g/mol. The van der Waals surface area contributed by atoms with E-state index in [9.17, 15) is 9.90 Å². The summed E-state index contributed by atoms with van der Waals surface area (Å²) in [5.41, 5.74) is 5.15. The van der Waals surface area contributed by atoms with Gasteiger partial charge in [-0.2, -0.15) is 5.10 Å². The fraction of sp³-hybridized carbons (Fsp3) is 0.233. The average Bonchev–Trinajstić information content (AvgIpc) is 3.17. The van der Waals surface area contributed by atoms with Gasteiger partial charge >= 0.3 is 5.97 Å². The Balaban J connectivity index is 0.00000400. The summed E-state index contributed by atoms with van der Waals surface area (Å²) in [6, 6.07) is 22.9. The molecule has 3 aromatic rings. The number of allylic oxidation sites excluding steroid dienone is 2. The largest absolute Gasteiger partial charge is 0.497 e. The van der Waals surface area contributed by atoms with Gasteiger partial charge in [0.15, 0.2) is 0 Å². The second-order valence-corrected chi connectivity index (χ2v) is 8.93. The molecule has 0 bridgehead atoms. The van der Waals surface area contributed by atoms with Crippen LogP contribution in [-0.2, 0) is 33.4 Å². The predicted molar refractivity (Wildman–Crippen MR) is 147 cm³/mol. The molecule has 1 heterocycles. The minimum absolute atomic E-state index is 0. The molecule has 4 rings (SSSR count). The summed E-state index contributed by atoms with van der Waals surface area (Å²) in [5.74, 6) is 0.128. The first-order valence-electron chi connectivity index (χ1n) is 12.1. The second-order valence-electron chi connectivity index (χ2n) is 8.93. The van der Waals surface area contributed by atoms with Crippen LogP contribution in [0.1, 0.15) is 40.9 Å². The van der Waals surface area contributed by atoms with Gasteiger partial charge in [-0.15, -0.1) is 5.10 Å². The molecule has 3 aromatic carbocycles. The molecule has 1 atom stereocenters. The van der Waals surface area contributed by atoms with Crippen LogP contribution in [0.4, 0.5) is 5.69 Å². The molecule has 0 saturated heterocycles. The molecule has 0 fully saturated rings. The summed E-state index contributed by atoms with van der Waals surface area (Å²) in [7, 11) is 3.00. The van der Waals surface area contributed by atoms with Crippen molar-refractivity contribution in [2.24, 2.45) is 10.2 Å². The maximum Gasteiger partial charge on any atom is 0.337 e. The number of esters is 1. The molecule has 1 N–H and O–H groups in total. The number of ether oxygens (including phenoxy) is 2. The maximum atomic E-state index is 11.6. The van der Waals surface area contributed by atoms with Gasteiger partial charge in [0, 0.05) is 45.7 Å². The van der Waals surface area contributed by atoms with E-state index >= 15 is 0 Å². The van der Waals surface area contributed by atoms with Gasteiger partial charge in [-0.3, -0.25) is 0 Å². The smallest absolute Gasteiger partial charge is 0.337 e. The maximum absolute atomic E-state index is 11.6. The molecular formula is C30H31CoN3O4. The van der Waals surface area contributed by atoms with E-state index in [2.05, 4.69) is 65.3 Å². The van der Waals surface area contributed by atoms with E-state index < -0.39 is 5.97 Å². The third-order valence-electron chi connectivity index (χ3n) is 6.68. The van der Waals surface area contributed by atoms with Gasteiger partial charge in [0.05, 0.1) is 26.0 Å². The Morgan fingerprint density at radius 3 is 2.34 bits per heavy atom. The zero-order valence-corrected chi connectivity index (χ0v) is 22.9. The summed E-state index contributed by atoms with van der Waals surface area (Å²) in [5, 5.41) is 18.4. The van der Waals surface area contributed by atoms with Gasteiger partial charge in [-0.1, -0.05) is 30.3 Å². The van der Waals surface area contributed by atoms with E-state index in [0.717, 1.165) is 30.1 Å². The topological polar surface area (TPSA) is 83.7 Å². The van der Waals surface area contributed by atoms with Gasteiger partial charge in [-0.25, -0.2) is 4.79 Å². The van der Waals surface area contributed by atoms with Crippen LogP contribution in [0.2, 0.25) is 0 Å². The number of carbonyl (C=O) groups is 1. The van der Waals surface area contributed by atoms with Crippen molar-refractivity contribution < 1.29 is 36.2 Å². The third-order valence-corrected chi connectivity index (χ3v) is 6.68. The Labute approximate surface area is 233 Å². The van der Waals surface area contributed by atoms with Crippen LogP contribution in [0, 0.1) is 0 Å². The van der Waals surface area contributed by atoms with Crippen molar-refractivity contribution in [3.8, 4) is 5.75 Å². The van der Waals surface area contributed by atoms with Crippen LogP contribution in [0.5, 0.6) is 5.75 Å². The Hall–Kier alpha value is -3.88. The summed E-state index contributed by atoms with van der Waals surface area (Å²) >= 11 is 0. The van der Waals surface area contributed by atoms with E-state index in [0.29, 0.717) is 11.1 Å². The van der Waals surface area contributed by atoms with E-state index in [4.69, 9.17) is 9.47 Å². The number of rotatable bonds is 8. The normalized spacial score (nSPS) is 17.8. The summed E-state index contributed by atoms with van der Waals surface area (Å²) in [6.07, 6.45) is 4.35. The van der Waals surface area contributed by atoms with E-state index in [-0.39, 0.29) is 28.1 Å². The van der Waals surface area contributed by atoms with Gasteiger partial charge < -0.3 is 19.5 Å². The molecule has 0 amide bonds. The monoisotopic (exact) mass is 556 g/mol. The van der Waals surface area contributed by atoms with E-state index in [1.54, 1.807) is 37.6 Å². The quantitative estimate of drug-likeness (QED) is 0.167. The van der Waals surface area contributed by atoms with Gasteiger partial charge in [0.25, 0.3) is 0 Å². The molecule has 0 spiro atoms. The summed E-state index contributed by atoms with van der Waals surface area (Å²) in [6.45, 7) is 5.14. The van der Waals surface area contributed by atoms with Gasteiger partial charge in [-0.05, 0) is 79.9 Å². The molecule has 0 aliphatic carbocycles. The van der Waals surface area contributed by atoms with Crippen LogP contribution < -0.4 is 9.64 Å². The second kappa shape index (κ2) is 12.6. The number of aliphatic hydroxyl groups is 1.